The molecule has 19 rings (SSSR count). The quantitative estimate of drug-likeness (QED) is 0.148. The van der Waals surface area contributed by atoms with Crippen molar-refractivity contribution in [2.24, 2.45) is 0 Å². The largest absolute Gasteiger partial charge is 0.208 e. The molecule has 0 amide bonds. The minimum atomic E-state index is 0.616. The van der Waals surface area contributed by atoms with Crippen LogP contribution in [0.3, 0.4) is 0 Å². The first kappa shape index (κ1) is 48.5. The van der Waals surface area contributed by atoms with Crippen molar-refractivity contribution in [1.82, 2.24) is 29.9 Å². The van der Waals surface area contributed by atoms with Gasteiger partial charge in [-0.05, 0) is 175 Å². The van der Waals surface area contributed by atoms with Gasteiger partial charge in [-0.15, -0.1) is 0 Å². The second kappa shape index (κ2) is 18.8. The fraction of sp³-hybridized carbons (Fsp3) is 0. The Morgan fingerprint density at radius 2 is 0.489 bits per heavy atom. The fourth-order valence-electron chi connectivity index (χ4n) is 14.2. The summed E-state index contributed by atoms with van der Waals surface area (Å²) in [6, 6.07) is 100. The van der Waals surface area contributed by atoms with Crippen LogP contribution in [0.4, 0.5) is 0 Å². The Kier molecular flexibility index (Phi) is 10.4. The minimum Gasteiger partial charge on any atom is -0.208 e. The van der Waals surface area contributed by atoms with E-state index in [2.05, 4.69) is 261 Å². The van der Waals surface area contributed by atoms with Crippen molar-refractivity contribution < 1.29 is 0 Å². The van der Waals surface area contributed by atoms with E-state index in [1.165, 1.54) is 71.4 Å². The molecular formula is C82H46N6. The molecule has 0 bridgehead atoms. The van der Waals surface area contributed by atoms with Crippen molar-refractivity contribution in [3.05, 3.63) is 279 Å². The van der Waals surface area contributed by atoms with Gasteiger partial charge in [-0.3, -0.25) is 0 Å². The van der Waals surface area contributed by atoms with Crippen molar-refractivity contribution in [1.29, 1.82) is 0 Å². The van der Waals surface area contributed by atoms with E-state index >= 15 is 0 Å². The molecule has 2 aliphatic carbocycles. The van der Waals surface area contributed by atoms with Crippen LogP contribution in [0.2, 0.25) is 0 Å². The number of fused-ring (bicyclic) bond motifs is 13. The van der Waals surface area contributed by atoms with E-state index in [0.29, 0.717) is 34.9 Å². The standard InChI is InChI=1S/C82H46N6/c1-2-16-50(17-3-1)77-83-78(57-31-27-47-14-4-6-18-51(47)40-57)86-81(85-77)69-39-37-67-70-44-54(34-35-65(70)72-46-56-21-9-11-23-62(56)74(69)76(67)72)53-30-26-49-29-33-59(43-60(49)42-53)80-84-79(58-32-28-48-15-5-7-19-52(48)41-58)87-82(88-80)68-38-36-66-63-24-12-13-25-64(63)71-45-55-20-8-10-22-61(55)73(68)75(66)71/h1-46H. The first-order valence-corrected chi connectivity index (χ1v) is 29.9. The molecular weight excluding hydrogens is 1070 g/mol. The van der Waals surface area contributed by atoms with Gasteiger partial charge in [-0.2, -0.15) is 0 Å². The third-order valence-electron chi connectivity index (χ3n) is 18.3. The first-order chi connectivity index (χ1) is 43.6. The van der Waals surface area contributed by atoms with Gasteiger partial charge in [-0.25, -0.2) is 29.9 Å². The highest BCUT2D eigenvalue weighted by Gasteiger charge is 2.29. The lowest BCUT2D eigenvalue weighted by Gasteiger charge is -2.14. The molecule has 0 saturated carbocycles. The average Bonchev–Trinajstić information content (AvgIpc) is 1.63. The molecule has 0 atom stereocenters. The predicted octanol–water partition coefficient (Wildman–Crippen LogP) is 21.1. The van der Waals surface area contributed by atoms with Gasteiger partial charge >= 0.3 is 0 Å². The molecule has 17 aromatic rings. The topological polar surface area (TPSA) is 77.3 Å². The molecule has 0 saturated heterocycles. The van der Waals surface area contributed by atoms with Crippen LogP contribution >= 0.6 is 0 Å². The minimum absolute atomic E-state index is 0.616. The van der Waals surface area contributed by atoms with Crippen LogP contribution in [-0.4, -0.2) is 29.9 Å². The maximum atomic E-state index is 5.47. The summed E-state index contributed by atoms with van der Waals surface area (Å²) in [5.41, 5.74) is 17.7. The lowest BCUT2D eigenvalue weighted by molar-refractivity contribution is 1.08. The van der Waals surface area contributed by atoms with E-state index in [0.717, 1.165) is 93.0 Å². The number of rotatable bonds is 7. The summed E-state index contributed by atoms with van der Waals surface area (Å²) >= 11 is 0. The van der Waals surface area contributed by atoms with Crippen LogP contribution < -0.4 is 0 Å². The Balaban J connectivity index is 0.746. The zero-order chi connectivity index (χ0) is 57.6. The molecule has 0 radical (unpaired) electrons. The van der Waals surface area contributed by atoms with Crippen LogP contribution in [0.1, 0.15) is 0 Å². The van der Waals surface area contributed by atoms with E-state index in [4.69, 9.17) is 29.9 Å². The van der Waals surface area contributed by atoms with Gasteiger partial charge in [0.15, 0.2) is 34.9 Å². The number of hydrogen-bond acceptors (Lipinski definition) is 6. The highest BCUT2D eigenvalue weighted by atomic mass is 15.0. The molecule has 15 aromatic carbocycles. The third kappa shape index (κ3) is 7.49. The Hall–Kier alpha value is -11.9. The number of hydrogen-bond donors (Lipinski definition) is 0. The van der Waals surface area contributed by atoms with E-state index in [1.54, 1.807) is 0 Å². The molecule has 0 N–H and O–H groups in total. The molecule has 2 aliphatic rings. The average molecular weight is 1120 g/mol. The van der Waals surface area contributed by atoms with E-state index < -0.39 is 0 Å². The zero-order valence-corrected chi connectivity index (χ0v) is 47.2. The van der Waals surface area contributed by atoms with Gasteiger partial charge in [0.2, 0.25) is 0 Å². The van der Waals surface area contributed by atoms with Gasteiger partial charge in [0.25, 0.3) is 0 Å². The summed E-state index contributed by atoms with van der Waals surface area (Å²) in [7, 11) is 0. The Morgan fingerprint density at radius 3 is 1.03 bits per heavy atom. The SMILES string of the molecule is c1ccc(-c2nc(-c3ccc4ccccc4c3)nc(-c3ccc4c5c(cc6ccccc6c35)-c3ccc(-c5ccc6ccc(-c7nc(-c8ccc9ccccc9c8)nc(-c8ccc9c%10c(cc%11ccccc%11c8%10)-c8ccccc8-9)n7)cc6c5)cc3-4)n2)cc1. The molecule has 88 heavy (non-hydrogen) atoms. The molecule has 6 heteroatoms. The molecule has 0 fully saturated rings. The van der Waals surface area contributed by atoms with Gasteiger partial charge in [-0.1, -0.05) is 224 Å². The van der Waals surface area contributed by atoms with Crippen molar-refractivity contribution in [2.75, 3.05) is 0 Å². The van der Waals surface area contributed by atoms with Crippen LogP contribution in [-0.2, 0) is 0 Å². The Labute approximate surface area is 505 Å². The van der Waals surface area contributed by atoms with Crippen molar-refractivity contribution in [2.45, 2.75) is 0 Å². The summed E-state index contributed by atoms with van der Waals surface area (Å²) in [4.78, 5) is 32.0. The van der Waals surface area contributed by atoms with Gasteiger partial charge < -0.3 is 0 Å². The van der Waals surface area contributed by atoms with Crippen molar-refractivity contribution in [3.8, 4) is 124 Å². The Bertz CT molecular complexity index is 5890. The molecule has 0 spiro atoms. The van der Waals surface area contributed by atoms with Crippen LogP contribution in [0, 0.1) is 0 Å². The highest BCUT2D eigenvalue weighted by molar-refractivity contribution is 6.28. The van der Waals surface area contributed by atoms with Crippen molar-refractivity contribution in [3.63, 3.8) is 0 Å². The lowest BCUT2D eigenvalue weighted by Crippen LogP contribution is -2.01. The van der Waals surface area contributed by atoms with Gasteiger partial charge in [0, 0.05) is 44.2 Å². The van der Waals surface area contributed by atoms with Crippen LogP contribution in [0.15, 0.2) is 279 Å². The van der Waals surface area contributed by atoms with E-state index in [9.17, 15) is 0 Å². The smallest absolute Gasteiger partial charge is 0.164 e. The van der Waals surface area contributed by atoms with Gasteiger partial charge in [0.05, 0.1) is 0 Å². The predicted molar refractivity (Wildman–Crippen MR) is 363 cm³/mol. The maximum Gasteiger partial charge on any atom is 0.164 e. The number of benzene rings is 15. The second-order valence-electron chi connectivity index (χ2n) is 23.3. The third-order valence-corrected chi connectivity index (χ3v) is 18.3. The summed E-state index contributed by atoms with van der Waals surface area (Å²) in [5, 5.41) is 16.2. The van der Waals surface area contributed by atoms with Crippen molar-refractivity contribution >= 4 is 75.4 Å². The lowest BCUT2D eigenvalue weighted by atomic mass is 9.92. The first-order valence-electron chi connectivity index (χ1n) is 29.9. The number of aromatic nitrogens is 6. The molecule has 404 valence electrons. The fourth-order valence-corrected chi connectivity index (χ4v) is 14.2. The second-order valence-corrected chi connectivity index (χ2v) is 23.3. The Morgan fingerprint density at radius 1 is 0.148 bits per heavy atom. The molecule has 0 unspecified atom stereocenters. The van der Waals surface area contributed by atoms with Crippen LogP contribution in [0.5, 0.6) is 0 Å². The monoisotopic (exact) mass is 1110 g/mol. The zero-order valence-electron chi connectivity index (χ0n) is 47.2. The normalized spacial score (nSPS) is 12.1. The highest BCUT2D eigenvalue weighted by Crippen LogP contribution is 2.54. The van der Waals surface area contributed by atoms with Gasteiger partial charge in [0.1, 0.15) is 0 Å². The molecule has 6 nitrogen and oxygen atoms in total. The van der Waals surface area contributed by atoms with E-state index in [-0.39, 0.29) is 0 Å². The maximum absolute atomic E-state index is 5.47. The summed E-state index contributed by atoms with van der Waals surface area (Å²) in [5.74, 6) is 3.78. The summed E-state index contributed by atoms with van der Waals surface area (Å²) in [6.07, 6.45) is 0. The molecule has 2 heterocycles. The van der Waals surface area contributed by atoms with E-state index in [1.807, 2.05) is 18.2 Å². The summed E-state index contributed by atoms with van der Waals surface area (Å²) < 4.78 is 0. The molecule has 2 aromatic heterocycles. The summed E-state index contributed by atoms with van der Waals surface area (Å²) in [6.45, 7) is 0. The number of nitrogens with zero attached hydrogens (tertiary/aromatic N) is 6. The molecule has 0 aliphatic heterocycles. The van der Waals surface area contributed by atoms with Crippen LogP contribution in [0.25, 0.3) is 199 Å².